The molecule has 0 unspecified atom stereocenters. The van der Waals surface area contributed by atoms with Crippen LogP contribution in [0, 0.1) is 5.92 Å². The minimum absolute atomic E-state index is 0.159. The summed E-state index contributed by atoms with van der Waals surface area (Å²) in [5.74, 6) is -0.156. The van der Waals surface area contributed by atoms with Gasteiger partial charge in [-0.05, 0) is 78.6 Å². The number of methoxy groups -OCH3 is 2. The number of aliphatic imine (C=N–C) groups is 2. The fraction of sp³-hybridized carbons (Fsp3) is 0.364. The largest absolute Gasteiger partial charge is 0.493 e. The van der Waals surface area contributed by atoms with Crippen molar-refractivity contribution in [2.24, 2.45) is 15.9 Å². The molecule has 1 saturated heterocycles. The van der Waals surface area contributed by atoms with Crippen molar-refractivity contribution in [3.05, 3.63) is 107 Å². The summed E-state index contributed by atoms with van der Waals surface area (Å²) >= 11 is 0. The maximum absolute atomic E-state index is 14.0. The Morgan fingerprint density at radius 1 is 0.676 bits per heavy atom. The Kier molecular flexibility index (Phi) is 15.0. The first-order chi connectivity index (χ1) is 35.7. The number of rotatable bonds is 17. The number of piperazine rings is 1. The topological polar surface area (TPSA) is 216 Å². The first-order valence-corrected chi connectivity index (χ1v) is 24.8. The van der Waals surface area contributed by atoms with Crippen molar-refractivity contribution in [2.45, 2.75) is 64.2 Å². The van der Waals surface area contributed by atoms with Gasteiger partial charge < -0.3 is 59.6 Å². The smallest absolute Gasteiger partial charge is 0.405 e. The zero-order chi connectivity index (χ0) is 52.2. The highest BCUT2D eigenvalue weighted by molar-refractivity contribution is 6.07. The van der Waals surface area contributed by atoms with Crippen molar-refractivity contribution >= 4 is 76.0 Å². The average molecular weight is 1010 g/mol. The predicted octanol–water partition coefficient (Wildman–Crippen LogP) is 6.98. The molecule has 4 atom stereocenters. The molecule has 0 spiro atoms. The van der Waals surface area contributed by atoms with Crippen molar-refractivity contribution in [2.75, 3.05) is 70.9 Å². The molecule has 4 aromatic rings. The maximum Gasteiger partial charge on any atom is 0.405 e. The standard InChI is InChI=1S/C55H61N9O10/c1-32(2)50(60-55(69)70)52(66)58-33(3)51(65)59-38-12-8-34(9-13-38)36-22-40-28-56-44-26-48(46(71-5)24-42(44)53(67)63(40)30-36)73-20-7-21-74-49-27-45-43(25-47(49)72-6)54(68)64-31-37(23-41(64)29-57-45)35-10-14-39(15-11-35)62-18-16-61(4)17-19-62/h8-15,24-33,40-41,50,60H,7,16-23H2,1-6H3,(H,58,66)(H,59,65)(H,69,70)/t33-,40-,41-,50-/m0/s1. The van der Waals surface area contributed by atoms with Crippen LogP contribution in [0.1, 0.15) is 71.9 Å². The van der Waals surface area contributed by atoms with Gasteiger partial charge >= 0.3 is 6.09 Å². The number of anilines is 2. The number of carbonyl (C=O) groups is 5. The quantitative estimate of drug-likeness (QED) is 0.0789. The van der Waals surface area contributed by atoms with E-state index in [4.69, 9.17) is 34.0 Å². The lowest BCUT2D eigenvalue weighted by molar-refractivity contribution is -0.128. The van der Waals surface area contributed by atoms with Crippen molar-refractivity contribution in [3.63, 3.8) is 0 Å². The number of nitrogens with one attached hydrogen (secondary N) is 3. The van der Waals surface area contributed by atoms with E-state index in [1.165, 1.54) is 26.8 Å². The number of hydrogen-bond donors (Lipinski definition) is 4. The van der Waals surface area contributed by atoms with Crippen LogP contribution in [-0.2, 0) is 9.59 Å². The SMILES string of the molecule is COc1cc2c(cc1OCCCOc1cc3c(cc1OC)C(=O)N1C=C(c4ccc(N5CCN(C)CC5)cc4)C[C@H]1C=N3)N=C[C@@H]1CC(c3ccc(NC(=O)[C@H](C)NC(=O)[C@@H](NC(=O)O)C(C)C)cc3)=CN1C2=O. The number of ether oxygens (including phenoxy) is 4. The molecule has 5 aliphatic rings. The van der Waals surface area contributed by atoms with E-state index in [0.717, 1.165) is 48.5 Å². The second-order valence-electron chi connectivity index (χ2n) is 19.2. The molecule has 0 radical (unpaired) electrons. The molecular formula is C55H61N9O10. The Labute approximate surface area is 429 Å². The minimum atomic E-state index is -1.33. The van der Waals surface area contributed by atoms with Crippen molar-refractivity contribution in [1.82, 2.24) is 25.3 Å². The van der Waals surface area contributed by atoms with Crippen molar-refractivity contribution in [1.29, 1.82) is 0 Å². The zero-order valence-electron chi connectivity index (χ0n) is 42.3. The molecule has 9 rings (SSSR count). The number of hydrogen-bond acceptors (Lipinski definition) is 13. The maximum atomic E-state index is 14.0. The molecule has 74 heavy (non-hydrogen) atoms. The fourth-order valence-electron chi connectivity index (χ4n) is 9.57. The number of likely N-dealkylation sites (N-methyl/N-ethyl adjacent to an activating group) is 1. The molecule has 5 heterocycles. The van der Waals surface area contributed by atoms with E-state index in [9.17, 15) is 24.0 Å². The molecule has 0 aliphatic carbocycles. The van der Waals surface area contributed by atoms with Crippen LogP contribution in [0.4, 0.5) is 27.5 Å². The summed E-state index contributed by atoms with van der Waals surface area (Å²) in [4.78, 5) is 82.4. The van der Waals surface area contributed by atoms with Crippen LogP contribution in [0.3, 0.4) is 0 Å². The van der Waals surface area contributed by atoms with E-state index in [0.29, 0.717) is 70.4 Å². The number of nitrogens with zero attached hydrogens (tertiary/aromatic N) is 6. The van der Waals surface area contributed by atoms with Gasteiger partial charge in [-0.15, -0.1) is 0 Å². The van der Waals surface area contributed by atoms with Gasteiger partial charge in [0.15, 0.2) is 23.0 Å². The average Bonchev–Trinajstić information content (AvgIpc) is 3.98. The summed E-state index contributed by atoms with van der Waals surface area (Å²) in [5, 5.41) is 16.6. The summed E-state index contributed by atoms with van der Waals surface area (Å²) in [6, 6.07) is 20.0. The van der Waals surface area contributed by atoms with Gasteiger partial charge in [-0.3, -0.25) is 29.2 Å². The van der Waals surface area contributed by atoms with E-state index in [-0.39, 0.29) is 43.0 Å². The molecule has 0 saturated carbocycles. The van der Waals surface area contributed by atoms with E-state index >= 15 is 0 Å². The third kappa shape index (κ3) is 10.9. The van der Waals surface area contributed by atoms with Crippen LogP contribution in [-0.4, -0.2) is 147 Å². The van der Waals surface area contributed by atoms with E-state index in [1.54, 1.807) is 72.5 Å². The van der Waals surface area contributed by atoms with Gasteiger partial charge in [-0.1, -0.05) is 38.1 Å². The Morgan fingerprint density at radius 3 is 1.65 bits per heavy atom. The summed E-state index contributed by atoms with van der Waals surface area (Å²) < 4.78 is 23.7. The molecule has 0 aromatic heterocycles. The molecule has 4 N–H and O–H groups in total. The summed E-state index contributed by atoms with van der Waals surface area (Å²) in [6.45, 7) is 9.52. The normalized spacial score (nSPS) is 18.7. The molecule has 19 heteroatoms. The van der Waals surface area contributed by atoms with Gasteiger partial charge in [-0.2, -0.15) is 0 Å². The van der Waals surface area contributed by atoms with Crippen LogP contribution < -0.4 is 39.8 Å². The molecule has 0 bridgehead atoms. The number of carbonyl (C=O) groups excluding carboxylic acids is 4. The van der Waals surface area contributed by atoms with Crippen molar-refractivity contribution < 1.29 is 48.0 Å². The third-order valence-corrected chi connectivity index (χ3v) is 13.8. The third-order valence-electron chi connectivity index (χ3n) is 13.8. The van der Waals surface area contributed by atoms with Crippen LogP contribution in [0.15, 0.2) is 95.2 Å². The van der Waals surface area contributed by atoms with Crippen LogP contribution >= 0.6 is 0 Å². The zero-order valence-corrected chi connectivity index (χ0v) is 42.3. The van der Waals surface area contributed by atoms with Crippen LogP contribution in [0.25, 0.3) is 11.1 Å². The molecular weight excluding hydrogens is 947 g/mol. The lowest BCUT2D eigenvalue weighted by Gasteiger charge is -2.34. The number of carboxylic acid groups (broad SMARTS) is 1. The minimum Gasteiger partial charge on any atom is -0.493 e. The monoisotopic (exact) mass is 1010 g/mol. The second kappa shape index (κ2) is 21.9. The first-order valence-electron chi connectivity index (χ1n) is 24.8. The molecule has 1 fully saturated rings. The van der Waals surface area contributed by atoms with Gasteiger partial charge in [0.2, 0.25) is 11.8 Å². The number of benzene rings is 4. The molecule has 5 aliphatic heterocycles. The number of fused-ring (bicyclic) bond motifs is 4. The Morgan fingerprint density at radius 2 is 1.18 bits per heavy atom. The van der Waals surface area contributed by atoms with Gasteiger partial charge in [0, 0.05) is 93.8 Å². The molecule has 5 amide bonds. The summed E-state index contributed by atoms with van der Waals surface area (Å²) in [7, 11) is 5.20. The highest BCUT2D eigenvalue weighted by Gasteiger charge is 2.36. The van der Waals surface area contributed by atoms with Crippen LogP contribution in [0.5, 0.6) is 23.0 Å². The Balaban J connectivity index is 0.778. The summed E-state index contributed by atoms with van der Waals surface area (Å²) in [6.07, 6.45) is 7.63. The molecule has 386 valence electrons. The van der Waals surface area contributed by atoms with Gasteiger partial charge in [0.1, 0.15) is 12.1 Å². The van der Waals surface area contributed by atoms with Gasteiger partial charge in [0.25, 0.3) is 11.8 Å². The number of amides is 5. The van der Waals surface area contributed by atoms with Crippen molar-refractivity contribution in [3.8, 4) is 23.0 Å². The fourth-order valence-corrected chi connectivity index (χ4v) is 9.57. The Hall–Kier alpha value is -8.19. The van der Waals surface area contributed by atoms with E-state index < -0.39 is 30.0 Å². The Bertz CT molecular complexity index is 2950. The lowest BCUT2D eigenvalue weighted by atomic mass is 10.0. The highest BCUT2D eigenvalue weighted by Crippen LogP contribution is 2.42. The molecule has 4 aromatic carbocycles. The lowest BCUT2D eigenvalue weighted by Crippen LogP contribution is -2.53. The second-order valence-corrected chi connectivity index (χ2v) is 19.2. The van der Waals surface area contributed by atoms with Crippen LogP contribution in [0.2, 0.25) is 0 Å². The van der Waals surface area contributed by atoms with Gasteiger partial charge in [-0.25, -0.2) is 4.79 Å². The van der Waals surface area contributed by atoms with Gasteiger partial charge in [0.05, 0.1) is 62.0 Å². The predicted molar refractivity (Wildman–Crippen MR) is 282 cm³/mol. The first kappa shape index (κ1) is 50.7. The van der Waals surface area contributed by atoms with E-state index in [1.807, 2.05) is 24.5 Å². The summed E-state index contributed by atoms with van der Waals surface area (Å²) in [5.41, 5.74) is 7.34. The molecule has 19 nitrogen and oxygen atoms in total. The highest BCUT2D eigenvalue weighted by atomic mass is 16.5. The van der Waals surface area contributed by atoms with E-state index in [2.05, 4.69) is 57.1 Å².